The van der Waals surface area contributed by atoms with Crippen molar-refractivity contribution in [1.29, 1.82) is 0 Å². The highest BCUT2D eigenvalue weighted by Crippen LogP contribution is 2.41. The van der Waals surface area contributed by atoms with Crippen LogP contribution in [0.25, 0.3) is 21.8 Å². The van der Waals surface area contributed by atoms with Gasteiger partial charge in [-0.2, -0.15) is 0 Å². The van der Waals surface area contributed by atoms with Crippen LogP contribution in [0.5, 0.6) is 0 Å². The number of fused-ring (bicyclic) bond motifs is 6. The van der Waals surface area contributed by atoms with Crippen LogP contribution >= 0.6 is 0 Å². The predicted octanol–water partition coefficient (Wildman–Crippen LogP) is 2.86. The van der Waals surface area contributed by atoms with Gasteiger partial charge in [0.1, 0.15) is 35.7 Å². The molecule has 0 unspecified atom stereocenters. The number of benzene rings is 2. The van der Waals surface area contributed by atoms with Gasteiger partial charge in [0.15, 0.2) is 0 Å². The van der Waals surface area contributed by atoms with Crippen LogP contribution in [0.1, 0.15) is 88.7 Å². The average molecular weight is 833 g/mol. The van der Waals surface area contributed by atoms with E-state index in [1.165, 1.54) is 11.8 Å². The fourth-order valence-corrected chi connectivity index (χ4v) is 11.0. The van der Waals surface area contributed by atoms with Gasteiger partial charge in [0.05, 0.1) is 6.10 Å². The van der Waals surface area contributed by atoms with E-state index in [0.717, 1.165) is 58.6 Å². The molecule has 5 fully saturated rings. The van der Waals surface area contributed by atoms with Crippen molar-refractivity contribution in [3.63, 3.8) is 0 Å². The van der Waals surface area contributed by atoms with E-state index in [1.807, 2.05) is 54.7 Å². The molecular formula is C46H56N8O7. The first-order valence-corrected chi connectivity index (χ1v) is 22.2. The van der Waals surface area contributed by atoms with Crippen molar-refractivity contribution in [1.82, 2.24) is 41.0 Å². The third-order valence-electron chi connectivity index (χ3n) is 14.2. The third kappa shape index (κ3) is 7.65. The summed E-state index contributed by atoms with van der Waals surface area (Å²) >= 11 is 0. The zero-order valence-corrected chi connectivity index (χ0v) is 34.6. The molecule has 0 radical (unpaired) electrons. The van der Waals surface area contributed by atoms with Gasteiger partial charge in [-0.3, -0.25) is 28.8 Å². The number of hydrogen-bond donors (Lipinski definition) is 7. The van der Waals surface area contributed by atoms with Gasteiger partial charge in [-0.1, -0.05) is 62.1 Å². The minimum atomic E-state index is -1.42. The number of nitrogens with one attached hydrogen (secondary N) is 6. The Kier molecular flexibility index (Phi) is 11.1. The van der Waals surface area contributed by atoms with Crippen LogP contribution < -0.4 is 21.3 Å². The number of para-hydroxylation sites is 2. The van der Waals surface area contributed by atoms with Crippen LogP contribution in [0.3, 0.4) is 0 Å². The van der Waals surface area contributed by atoms with Crippen molar-refractivity contribution in [2.24, 2.45) is 5.92 Å². The van der Waals surface area contributed by atoms with Crippen LogP contribution in [0, 0.1) is 5.92 Å². The lowest BCUT2D eigenvalue weighted by molar-refractivity contribution is -0.151. The normalized spacial score (nSPS) is 29.4. The second kappa shape index (κ2) is 16.6. The smallest absolute Gasteiger partial charge is 0.248 e. The van der Waals surface area contributed by atoms with Crippen LogP contribution in [-0.4, -0.2) is 115 Å². The third-order valence-corrected chi connectivity index (χ3v) is 14.2. The summed E-state index contributed by atoms with van der Waals surface area (Å²) in [5.41, 5.74) is 1.86. The maximum absolute atomic E-state index is 14.9. The van der Waals surface area contributed by atoms with E-state index in [-0.39, 0.29) is 37.3 Å². The molecule has 9 rings (SSSR count). The lowest BCUT2D eigenvalue weighted by atomic mass is 9.84. The van der Waals surface area contributed by atoms with Gasteiger partial charge in [0.2, 0.25) is 35.4 Å². The molecular weight excluding hydrogens is 777 g/mol. The molecule has 2 aliphatic carbocycles. The molecule has 8 atom stereocenters. The molecule has 0 bridgehead atoms. The van der Waals surface area contributed by atoms with Crippen LogP contribution in [0.4, 0.5) is 0 Å². The molecule has 5 heterocycles. The Morgan fingerprint density at radius 3 is 1.97 bits per heavy atom. The summed E-state index contributed by atoms with van der Waals surface area (Å²) in [5.74, 6) is -3.07. The van der Waals surface area contributed by atoms with Gasteiger partial charge in [-0.15, -0.1) is 0 Å². The van der Waals surface area contributed by atoms with E-state index in [1.54, 1.807) is 11.1 Å². The van der Waals surface area contributed by atoms with Crippen molar-refractivity contribution in [3.05, 3.63) is 72.1 Å². The summed E-state index contributed by atoms with van der Waals surface area (Å²) < 4.78 is 0. The minimum absolute atomic E-state index is 0.0370. The molecule has 1 spiro atoms. The van der Waals surface area contributed by atoms with E-state index < -0.39 is 71.4 Å². The second-order valence-corrected chi connectivity index (χ2v) is 18.0. The standard InChI is InChI=1S/C46H56N8O7/c1-26(55)39-44(60)53-20-10-17-37(53)43(59)54-36-16-7-2-11-27(36)23-38(54)42(58)49-35(22-29-25-48-33-15-6-4-13-31(29)33)41(57)52-46(18-8-9-19-46)45(61)50-34(40(56)51-39)21-28-24-47-32-14-5-3-12-30(28)32/h3-6,12-15,24-27,34-39,47-48,55H,2,7-11,16-23H2,1H3,(H,49,58)(H,50,61)(H,51,56)(H,52,57)/t26-,27+,34+,35+,36+,37-,38+,39+/m1/s1. The van der Waals surface area contributed by atoms with Gasteiger partial charge < -0.3 is 46.1 Å². The van der Waals surface area contributed by atoms with Gasteiger partial charge in [-0.05, 0) is 81.0 Å². The first-order chi connectivity index (χ1) is 29.5. The summed E-state index contributed by atoms with van der Waals surface area (Å²) in [5, 5.41) is 24.8. The Labute approximate surface area is 354 Å². The highest BCUT2D eigenvalue weighted by atomic mass is 16.3. The molecule has 7 N–H and O–H groups in total. The molecule has 5 aliphatic rings. The number of carbonyl (C=O) groups is 6. The Balaban J connectivity index is 1.12. The van der Waals surface area contributed by atoms with Gasteiger partial charge in [-0.25, -0.2) is 0 Å². The van der Waals surface area contributed by atoms with Crippen molar-refractivity contribution in [3.8, 4) is 0 Å². The van der Waals surface area contributed by atoms with Gasteiger partial charge >= 0.3 is 0 Å². The highest BCUT2D eigenvalue weighted by Gasteiger charge is 2.52. The molecule has 4 aromatic rings. The summed E-state index contributed by atoms with van der Waals surface area (Å²) in [6.45, 7) is 1.65. The van der Waals surface area contributed by atoms with Crippen molar-refractivity contribution in [2.75, 3.05) is 6.54 Å². The first-order valence-electron chi connectivity index (χ1n) is 22.2. The number of H-pyrrole nitrogens is 2. The lowest BCUT2D eigenvalue weighted by Gasteiger charge is -2.38. The molecule has 3 aliphatic heterocycles. The topological polar surface area (TPSA) is 209 Å². The summed E-state index contributed by atoms with van der Waals surface area (Å²) in [7, 11) is 0. The lowest BCUT2D eigenvalue weighted by Crippen LogP contribution is -2.66. The molecule has 2 saturated carbocycles. The molecule has 322 valence electrons. The Morgan fingerprint density at radius 2 is 1.31 bits per heavy atom. The number of nitrogens with zero attached hydrogens (tertiary/aromatic N) is 2. The van der Waals surface area contributed by atoms with Crippen molar-refractivity contribution >= 4 is 57.2 Å². The molecule has 3 saturated heterocycles. The van der Waals surface area contributed by atoms with E-state index in [0.29, 0.717) is 44.9 Å². The Bertz CT molecular complexity index is 2350. The maximum atomic E-state index is 14.9. The molecule has 2 aromatic carbocycles. The fraction of sp³-hybridized carbons (Fsp3) is 0.522. The zero-order valence-electron chi connectivity index (χ0n) is 34.6. The first kappa shape index (κ1) is 40.7. The van der Waals surface area contributed by atoms with E-state index in [4.69, 9.17) is 0 Å². The fourth-order valence-electron chi connectivity index (χ4n) is 11.0. The number of aliphatic hydroxyl groups excluding tert-OH is 1. The monoisotopic (exact) mass is 832 g/mol. The van der Waals surface area contributed by atoms with Gasteiger partial charge in [0.25, 0.3) is 0 Å². The van der Waals surface area contributed by atoms with Crippen molar-refractivity contribution in [2.45, 2.75) is 138 Å². The number of amides is 6. The predicted molar refractivity (Wildman–Crippen MR) is 227 cm³/mol. The number of aromatic amines is 2. The van der Waals surface area contributed by atoms with E-state index in [2.05, 4.69) is 31.2 Å². The summed E-state index contributed by atoms with van der Waals surface area (Å²) in [4.78, 5) is 98.1. The minimum Gasteiger partial charge on any atom is -0.391 e. The number of aromatic nitrogens is 2. The molecule has 2 aromatic heterocycles. The SMILES string of the molecule is C[C@@H](O)[C@@H]1NC(=O)[C@H](Cc2c[nH]c3ccccc23)NC(=O)C2(CCCC2)NC(=O)[C@H](Cc2c[nH]c3ccccc23)NC(=O)[C@@H]2C[C@@H]3CCCC[C@@H]3N2C(=O)[C@H]2CCCN2C1=O. The van der Waals surface area contributed by atoms with Crippen LogP contribution in [-0.2, 0) is 41.6 Å². The van der Waals surface area contributed by atoms with Gasteiger partial charge in [0, 0.05) is 59.6 Å². The number of rotatable bonds is 5. The number of carbonyl (C=O) groups excluding carboxylic acids is 6. The van der Waals surface area contributed by atoms with Crippen LogP contribution in [0.15, 0.2) is 60.9 Å². The number of aliphatic hydroxyl groups is 1. The molecule has 15 heteroatoms. The second-order valence-electron chi connectivity index (χ2n) is 18.0. The van der Waals surface area contributed by atoms with E-state index in [9.17, 15) is 33.9 Å². The Hall–Kier alpha value is -5.70. The average Bonchev–Trinajstić information content (AvgIpc) is 4.12. The summed E-state index contributed by atoms with van der Waals surface area (Å²) in [6, 6.07) is 9.55. The molecule has 15 nitrogen and oxygen atoms in total. The largest absolute Gasteiger partial charge is 0.391 e. The Morgan fingerprint density at radius 1 is 0.689 bits per heavy atom. The zero-order chi connectivity index (χ0) is 42.4. The summed E-state index contributed by atoms with van der Waals surface area (Å²) in [6.07, 6.45) is 9.10. The van der Waals surface area contributed by atoms with E-state index >= 15 is 0 Å². The molecule has 61 heavy (non-hydrogen) atoms. The molecule has 6 amide bonds. The highest BCUT2D eigenvalue weighted by molar-refractivity contribution is 6.01. The van der Waals surface area contributed by atoms with Crippen LogP contribution in [0.2, 0.25) is 0 Å². The number of hydrogen-bond acceptors (Lipinski definition) is 7. The maximum Gasteiger partial charge on any atom is 0.248 e. The van der Waals surface area contributed by atoms with Crippen molar-refractivity contribution < 1.29 is 33.9 Å². The quantitative estimate of drug-likeness (QED) is 0.160.